The smallest absolute Gasteiger partial charge is 0.349 e. The molecular weight excluding hydrogens is 224 g/mol. The molecule has 0 spiro atoms. The van der Waals surface area contributed by atoms with Gasteiger partial charge in [0.15, 0.2) is 6.61 Å². The first-order valence-corrected chi connectivity index (χ1v) is 4.70. The highest BCUT2D eigenvalue weighted by Gasteiger charge is 2.10. The summed E-state index contributed by atoms with van der Waals surface area (Å²) in [5, 5.41) is 0. The predicted octanol–water partition coefficient (Wildman–Crippen LogP) is 1.34. The zero-order valence-corrected chi connectivity index (χ0v) is 8.92. The number of hydrogen-bond acceptors (Lipinski definition) is 5. The van der Waals surface area contributed by atoms with Crippen LogP contribution < -0.4 is 0 Å². The van der Waals surface area contributed by atoms with Crippen LogP contribution in [0.2, 0.25) is 0 Å². The van der Waals surface area contributed by atoms with Gasteiger partial charge in [0.2, 0.25) is 0 Å². The minimum atomic E-state index is -0.710. The van der Waals surface area contributed by atoms with Crippen molar-refractivity contribution in [2.45, 2.75) is 0 Å². The van der Waals surface area contributed by atoms with E-state index in [1.165, 1.54) is 24.3 Å². The van der Waals surface area contributed by atoms with Gasteiger partial charge in [0.05, 0.1) is 11.8 Å². The maximum atomic E-state index is 11.4. The largest absolute Gasteiger partial charge is 0.450 e. The van der Waals surface area contributed by atoms with Crippen LogP contribution in [0.25, 0.3) is 0 Å². The van der Waals surface area contributed by atoms with Gasteiger partial charge in [0, 0.05) is 5.56 Å². The molecule has 0 N–H and O–H groups in total. The lowest BCUT2D eigenvalue weighted by molar-refractivity contribution is -0.141. The van der Waals surface area contributed by atoms with E-state index in [0.717, 1.165) is 6.26 Å². The average molecular weight is 234 g/mol. The molecule has 0 saturated carbocycles. The summed E-state index contributed by atoms with van der Waals surface area (Å²) >= 11 is 0. The van der Waals surface area contributed by atoms with Gasteiger partial charge in [0.1, 0.15) is 6.29 Å². The molecule has 0 radical (unpaired) electrons. The van der Waals surface area contributed by atoms with E-state index < -0.39 is 18.5 Å². The first-order valence-electron chi connectivity index (χ1n) is 4.70. The lowest BCUT2D eigenvalue weighted by atomic mass is 10.1. The van der Waals surface area contributed by atoms with Gasteiger partial charge in [-0.25, -0.2) is 9.59 Å². The monoisotopic (exact) mass is 234 g/mol. The van der Waals surface area contributed by atoms with Crippen LogP contribution in [0.4, 0.5) is 0 Å². The summed E-state index contributed by atoms with van der Waals surface area (Å²) in [5.41, 5.74) is 0.703. The Morgan fingerprint density at radius 2 is 1.88 bits per heavy atom. The minimum absolute atomic E-state index is 0.252. The van der Waals surface area contributed by atoms with E-state index in [2.05, 4.69) is 16.1 Å². The van der Waals surface area contributed by atoms with Crippen molar-refractivity contribution in [3.8, 4) is 0 Å². The van der Waals surface area contributed by atoms with E-state index >= 15 is 0 Å². The fourth-order valence-corrected chi connectivity index (χ4v) is 1.03. The zero-order chi connectivity index (χ0) is 12.7. The number of esters is 2. The van der Waals surface area contributed by atoms with Crippen molar-refractivity contribution < 1.29 is 23.9 Å². The molecule has 0 aromatic heterocycles. The number of rotatable bonds is 5. The maximum Gasteiger partial charge on any atom is 0.349 e. The summed E-state index contributed by atoms with van der Waals surface area (Å²) in [5.74, 6) is -1.37. The Morgan fingerprint density at radius 3 is 2.41 bits per heavy atom. The maximum absolute atomic E-state index is 11.4. The second-order valence-corrected chi connectivity index (χ2v) is 2.97. The lowest BCUT2D eigenvalue weighted by Gasteiger charge is -2.03. The first kappa shape index (κ1) is 12.6. The molecule has 0 aliphatic rings. The molecule has 1 rings (SSSR count). The molecule has 0 heterocycles. The second kappa shape index (κ2) is 6.22. The molecule has 0 amide bonds. The second-order valence-electron chi connectivity index (χ2n) is 2.97. The van der Waals surface area contributed by atoms with E-state index in [9.17, 15) is 14.4 Å². The highest BCUT2D eigenvalue weighted by Crippen LogP contribution is 2.04. The van der Waals surface area contributed by atoms with Crippen molar-refractivity contribution >= 4 is 18.2 Å². The van der Waals surface area contributed by atoms with Crippen LogP contribution in [0.1, 0.15) is 20.7 Å². The Kier molecular flexibility index (Phi) is 4.62. The van der Waals surface area contributed by atoms with E-state index in [-0.39, 0.29) is 5.56 Å². The summed E-state index contributed by atoms with van der Waals surface area (Å²) in [6.45, 7) is 2.70. The fraction of sp³-hybridized carbons (Fsp3) is 0.0833. The van der Waals surface area contributed by atoms with E-state index in [0.29, 0.717) is 11.8 Å². The summed E-state index contributed by atoms with van der Waals surface area (Å²) < 4.78 is 9.03. The Labute approximate surface area is 97.6 Å². The summed E-state index contributed by atoms with van der Waals surface area (Å²) in [6, 6.07) is 5.83. The fourth-order valence-electron chi connectivity index (χ4n) is 1.03. The van der Waals surface area contributed by atoms with Gasteiger partial charge in [-0.3, -0.25) is 4.79 Å². The van der Waals surface area contributed by atoms with Crippen molar-refractivity contribution in [1.82, 2.24) is 0 Å². The van der Waals surface area contributed by atoms with Gasteiger partial charge in [-0.15, -0.1) is 0 Å². The third-order valence-corrected chi connectivity index (χ3v) is 1.82. The topological polar surface area (TPSA) is 69.7 Å². The van der Waals surface area contributed by atoms with Crippen LogP contribution in [0.5, 0.6) is 0 Å². The molecular formula is C12H10O5. The van der Waals surface area contributed by atoms with E-state index in [1.807, 2.05) is 0 Å². The van der Waals surface area contributed by atoms with Crippen molar-refractivity contribution in [3.05, 3.63) is 48.2 Å². The van der Waals surface area contributed by atoms with E-state index in [4.69, 9.17) is 0 Å². The molecule has 5 heteroatoms. The SMILES string of the molecule is C=COC(=O)COC(=O)c1ccc(C=O)cc1. The molecule has 88 valence electrons. The first-order chi connectivity index (χ1) is 8.17. The highest BCUT2D eigenvalue weighted by molar-refractivity contribution is 5.91. The molecule has 17 heavy (non-hydrogen) atoms. The van der Waals surface area contributed by atoms with E-state index in [1.54, 1.807) is 0 Å². The van der Waals surface area contributed by atoms with Crippen molar-refractivity contribution in [3.63, 3.8) is 0 Å². The van der Waals surface area contributed by atoms with Crippen molar-refractivity contribution in [2.24, 2.45) is 0 Å². The minimum Gasteiger partial charge on any atom is -0.450 e. The number of benzene rings is 1. The van der Waals surface area contributed by atoms with Gasteiger partial charge in [0.25, 0.3) is 0 Å². The van der Waals surface area contributed by atoms with Crippen LogP contribution in [0, 0.1) is 0 Å². The summed E-state index contributed by atoms with van der Waals surface area (Å²) in [6.07, 6.45) is 1.62. The third kappa shape index (κ3) is 3.90. The summed E-state index contributed by atoms with van der Waals surface area (Å²) in [4.78, 5) is 32.7. The Bertz CT molecular complexity index is 433. The molecule has 1 aromatic carbocycles. The molecule has 5 nitrogen and oxygen atoms in total. The summed E-state index contributed by atoms with van der Waals surface area (Å²) in [7, 11) is 0. The standard InChI is InChI=1S/C12H10O5/c1-2-16-11(14)8-17-12(15)10-5-3-9(7-13)4-6-10/h2-7H,1,8H2. The number of ether oxygens (including phenoxy) is 2. The van der Waals surface area contributed by atoms with Crippen molar-refractivity contribution in [2.75, 3.05) is 6.61 Å². The Hall–Kier alpha value is -2.43. The van der Waals surface area contributed by atoms with Crippen LogP contribution in [0.15, 0.2) is 37.1 Å². The quantitative estimate of drug-likeness (QED) is 0.437. The van der Waals surface area contributed by atoms with Crippen LogP contribution in [-0.2, 0) is 14.3 Å². The van der Waals surface area contributed by atoms with Gasteiger partial charge in [-0.2, -0.15) is 0 Å². The van der Waals surface area contributed by atoms with Crippen LogP contribution in [-0.4, -0.2) is 24.8 Å². The molecule has 0 bridgehead atoms. The average Bonchev–Trinajstić information content (AvgIpc) is 2.36. The molecule has 0 saturated heterocycles. The highest BCUT2D eigenvalue weighted by atomic mass is 16.6. The number of hydrogen-bond donors (Lipinski definition) is 0. The molecule has 0 fully saturated rings. The molecule has 0 unspecified atom stereocenters. The molecule has 0 atom stereocenters. The molecule has 0 aliphatic heterocycles. The van der Waals surface area contributed by atoms with Crippen molar-refractivity contribution in [1.29, 1.82) is 0 Å². The van der Waals surface area contributed by atoms with Gasteiger partial charge >= 0.3 is 11.9 Å². The lowest BCUT2D eigenvalue weighted by Crippen LogP contribution is -2.14. The van der Waals surface area contributed by atoms with Gasteiger partial charge in [-0.05, 0) is 12.1 Å². The Balaban J connectivity index is 2.54. The molecule has 1 aromatic rings. The number of carbonyl (C=O) groups excluding carboxylic acids is 3. The van der Waals surface area contributed by atoms with Gasteiger partial charge < -0.3 is 9.47 Å². The number of carbonyl (C=O) groups is 3. The van der Waals surface area contributed by atoms with Crippen LogP contribution in [0.3, 0.4) is 0 Å². The normalized spacial score (nSPS) is 9.18. The zero-order valence-electron chi connectivity index (χ0n) is 8.92. The number of aldehydes is 1. The van der Waals surface area contributed by atoms with Crippen LogP contribution >= 0.6 is 0 Å². The molecule has 0 aliphatic carbocycles. The van der Waals surface area contributed by atoms with Gasteiger partial charge in [-0.1, -0.05) is 18.7 Å². The predicted molar refractivity (Wildman–Crippen MR) is 58.4 cm³/mol. The third-order valence-electron chi connectivity index (χ3n) is 1.82. The Morgan fingerprint density at radius 1 is 1.24 bits per heavy atom.